The molecule has 0 aliphatic rings. The van der Waals surface area contributed by atoms with Crippen LogP contribution in [0, 0.1) is 6.92 Å². The lowest BCUT2D eigenvalue weighted by molar-refractivity contribution is 1.47. The molecule has 0 heterocycles. The quantitative estimate of drug-likeness (QED) is 0.331. The van der Waals surface area contributed by atoms with Gasteiger partial charge in [0, 0.05) is 10.2 Å². The van der Waals surface area contributed by atoms with Gasteiger partial charge in [-0.2, -0.15) is 0 Å². The fourth-order valence-corrected chi connectivity index (χ4v) is 2.94. The molecule has 0 bridgehead atoms. The van der Waals surface area contributed by atoms with E-state index in [1.54, 1.807) is 0 Å². The maximum atomic E-state index is 5.81. The Bertz CT molecular complexity index is 951. The average molecular weight is 431 g/mol. The first kappa shape index (κ1) is 19.7. The zero-order chi connectivity index (χ0) is 19.8. The molecule has 4 aromatic rings. The number of nitrogen functional groups attached to an aromatic ring is 1. The van der Waals surface area contributed by atoms with Crippen molar-refractivity contribution in [3.05, 3.63) is 113 Å². The summed E-state index contributed by atoms with van der Waals surface area (Å²) in [4.78, 5) is 0. The molecule has 0 fully saturated rings. The lowest BCUT2D eigenvalue weighted by Crippen LogP contribution is -1.94. The van der Waals surface area contributed by atoms with E-state index in [1.807, 2.05) is 54.6 Å². The number of aryl methyl sites for hydroxylation is 1. The highest BCUT2D eigenvalue weighted by molar-refractivity contribution is 9.10. The monoisotopic (exact) mass is 430 g/mol. The molecule has 0 radical (unpaired) electrons. The van der Waals surface area contributed by atoms with Crippen LogP contribution in [0.1, 0.15) is 5.56 Å². The summed E-state index contributed by atoms with van der Waals surface area (Å²) in [5.74, 6) is 0. The van der Waals surface area contributed by atoms with Crippen molar-refractivity contribution in [2.45, 2.75) is 6.92 Å². The molecule has 4 aromatic carbocycles. The maximum absolute atomic E-state index is 5.81. The van der Waals surface area contributed by atoms with E-state index in [0.717, 1.165) is 21.5 Å². The van der Waals surface area contributed by atoms with Gasteiger partial charge in [-0.05, 0) is 54.4 Å². The summed E-state index contributed by atoms with van der Waals surface area (Å²) in [5.41, 5.74) is 12.4. The minimum absolute atomic E-state index is 0.761. The number of nitrogens with two attached hydrogens (primary N) is 1. The lowest BCUT2D eigenvalue weighted by atomic mass is 10.0. The van der Waals surface area contributed by atoms with Crippen LogP contribution in [0.5, 0.6) is 0 Å². The molecule has 3 heteroatoms. The van der Waals surface area contributed by atoms with E-state index in [0.29, 0.717) is 0 Å². The Kier molecular flexibility index (Phi) is 6.88. The Labute approximate surface area is 175 Å². The van der Waals surface area contributed by atoms with Crippen molar-refractivity contribution in [2.24, 2.45) is 0 Å². The van der Waals surface area contributed by atoms with Crippen molar-refractivity contribution < 1.29 is 0 Å². The van der Waals surface area contributed by atoms with Gasteiger partial charge in [-0.25, -0.2) is 0 Å². The minimum Gasteiger partial charge on any atom is -0.397 e. The zero-order valence-corrected chi connectivity index (χ0v) is 17.4. The molecule has 0 saturated carbocycles. The van der Waals surface area contributed by atoms with E-state index in [-0.39, 0.29) is 0 Å². The van der Waals surface area contributed by atoms with Crippen LogP contribution in [0.2, 0.25) is 0 Å². The van der Waals surface area contributed by atoms with Gasteiger partial charge in [-0.1, -0.05) is 88.2 Å². The predicted molar refractivity (Wildman–Crippen MR) is 125 cm³/mol. The van der Waals surface area contributed by atoms with Gasteiger partial charge in [-0.3, -0.25) is 0 Å². The fourth-order valence-electron chi connectivity index (χ4n) is 2.68. The third-order valence-electron chi connectivity index (χ3n) is 4.24. The second-order valence-electron chi connectivity index (χ2n) is 6.45. The number of anilines is 3. The third-order valence-corrected chi connectivity index (χ3v) is 4.77. The van der Waals surface area contributed by atoms with Gasteiger partial charge >= 0.3 is 0 Å². The number of rotatable bonds is 3. The molecule has 0 aliphatic heterocycles. The second kappa shape index (κ2) is 9.77. The first-order valence-electron chi connectivity index (χ1n) is 9.11. The summed E-state index contributed by atoms with van der Waals surface area (Å²) in [6, 6.07) is 34.6. The molecule has 0 spiro atoms. The number of hydrogen-bond acceptors (Lipinski definition) is 2. The molecule has 4 rings (SSSR count). The number of benzene rings is 4. The van der Waals surface area contributed by atoms with Crippen LogP contribution in [0.3, 0.4) is 0 Å². The summed E-state index contributed by atoms with van der Waals surface area (Å²) >= 11 is 3.43. The Morgan fingerprint density at radius 1 is 0.643 bits per heavy atom. The van der Waals surface area contributed by atoms with Gasteiger partial charge in [0.05, 0.1) is 11.4 Å². The number of halogens is 1. The Balaban J connectivity index is 0.000000161. The number of hydrogen-bond donors (Lipinski definition) is 2. The van der Waals surface area contributed by atoms with Gasteiger partial charge in [-0.15, -0.1) is 0 Å². The van der Waals surface area contributed by atoms with Crippen LogP contribution < -0.4 is 11.1 Å². The highest BCUT2D eigenvalue weighted by Gasteiger charge is 1.97. The summed E-state index contributed by atoms with van der Waals surface area (Å²) in [6.07, 6.45) is 0. The van der Waals surface area contributed by atoms with Crippen LogP contribution in [0.4, 0.5) is 17.1 Å². The van der Waals surface area contributed by atoms with Crippen LogP contribution >= 0.6 is 15.9 Å². The van der Waals surface area contributed by atoms with Crippen molar-refractivity contribution in [3.63, 3.8) is 0 Å². The first-order chi connectivity index (χ1) is 13.6. The lowest BCUT2D eigenvalue weighted by Gasteiger charge is -2.08. The molecule has 0 amide bonds. The minimum atomic E-state index is 0.761. The van der Waals surface area contributed by atoms with Crippen LogP contribution in [0.15, 0.2) is 108 Å². The van der Waals surface area contributed by atoms with E-state index < -0.39 is 0 Å². The van der Waals surface area contributed by atoms with E-state index in [1.165, 1.54) is 16.7 Å². The van der Waals surface area contributed by atoms with E-state index >= 15 is 0 Å². The summed E-state index contributed by atoms with van der Waals surface area (Å²) < 4.78 is 1.12. The van der Waals surface area contributed by atoms with Crippen molar-refractivity contribution >= 4 is 33.0 Å². The standard InChI is InChI=1S/C13H11Br.C12H12N2/c1-10-2-4-11(5-3-10)12-6-8-13(14)9-7-12;13-11-8-4-5-9-12(11)14-10-6-2-1-3-7-10/h2-9H,1H3;1-9,14H,13H2. The molecular weight excluding hydrogens is 408 g/mol. The predicted octanol–water partition coefficient (Wildman–Crippen LogP) is 7.44. The molecule has 28 heavy (non-hydrogen) atoms. The SMILES string of the molecule is Cc1ccc(-c2ccc(Br)cc2)cc1.Nc1ccccc1Nc1ccccc1. The molecule has 0 unspecified atom stereocenters. The average Bonchev–Trinajstić information content (AvgIpc) is 2.72. The molecule has 0 saturated heterocycles. The molecule has 0 aliphatic carbocycles. The highest BCUT2D eigenvalue weighted by Crippen LogP contribution is 2.22. The second-order valence-corrected chi connectivity index (χ2v) is 7.37. The molecule has 3 N–H and O–H groups in total. The zero-order valence-electron chi connectivity index (χ0n) is 15.8. The fraction of sp³-hybridized carbons (Fsp3) is 0.0400. The van der Waals surface area contributed by atoms with Gasteiger partial charge in [0.1, 0.15) is 0 Å². The number of para-hydroxylation sites is 3. The van der Waals surface area contributed by atoms with Crippen molar-refractivity contribution in [1.29, 1.82) is 0 Å². The first-order valence-corrected chi connectivity index (χ1v) is 9.90. The molecule has 0 aromatic heterocycles. The largest absolute Gasteiger partial charge is 0.397 e. The molecule has 140 valence electrons. The molecular formula is C25H23BrN2. The van der Waals surface area contributed by atoms with E-state index in [2.05, 4.69) is 76.7 Å². The van der Waals surface area contributed by atoms with Gasteiger partial charge < -0.3 is 11.1 Å². The highest BCUT2D eigenvalue weighted by atomic mass is 79.9. The van der Waals surface area contributed by atoms with E-state index in [4.69, 9.17) is 5.73 Å². The summed E-state index contributed by atoms with van der Waals surface area (Å²) in [6.45, 7) is 2.10. The molecule has 2 nitrogen and oxygen atoms in total. The normalized spacial score (nSPS) is 9.93. The topological polar surface area (TPSA) is 38.0 Å². The van der Waals surface area contributed by atoms with Gasteiger partial charge in [0.15, 0.2) is 0 Å². The van der Waals surface area contributed by atoms with Crippen molar-refractivity contribution in [2.75, 3.05) is 11.1 Å². The summed E-state index contributed by atoms with van der Waals surface area (Å²) in [5, 5.41) is 3.25. The maximum Gasteiger partial charge on any atom is 0.0617 e. The molecule has 0 atom stereocenters. The van der Waals surface area contributed by atoms with E-state index in [9.17, 15) is 0 Å². The van der Waals surface area contributed by atoms with Gasteiger partial charge in [0.2, 0.25) is 0 Å². The Hall–Kier alpha value is -3.04. The van der Waals surface area contributed by atoms with Crippen LogP contribution in [-0.2, 0) is 0 Å². The number of nitrogens with one attached hydrogen (secondary N) is 1. The van der Waals surface area contributed by atoms with Crippen LogP contribution in [0.25, 0.3) is 11.1 Å². The van der Waals surface area contributed by atoms with Crippen molar-refractivity contribution in [1.82, 2.24) is 0 Å². The third kappa shape index (κ3) is 5.73. The Morgan fingerprint density at radius 3 is 1.79 bits per heavy atom. The smallest absolute Gasteiger partial charge is 0.0617 e. The summed E-state index contributed by atoms with van der Waals surface area (Å²) in [7, 11) is 0. The van der Waals surface area contributed by atoms with Gasteiger partial charge in [0.25, 0.3) is 0 Å². The van der Waals surface area contributed by atoms with Crippen molar-refractivity contribution in [3.8, 4) is 11.1 Å². The van der Waals surface area contributed by atoms with Crippen LogP contribution in [-0.4, -0.2) is 0 Å². The Morgan fingerprint density at radius 2 is 1.18 bits per heavy atom.